The van der Waals surface area contributed by atoms with Crippen LogP contribution in [0.25, 0.3) is 0 Å². The first-order valence-electron chi connectivity index (χ1n) is 8.52. The van der Waals surface area contributed by atoms with Crippen LogP contribution in [0.3, 0.4) is 0 Å². The van der Waals surface area contributed by atoms with Crippen molar-refractivity contribution in [1.29, 1.82) is 0 Å². The summed E-state index contributed by atoms with van der Waals surface area (Å²) in [6.45, 7) is 4.43. The third-order valence-corrected chi connectivity index (χ3v) is 4.95. The van der Waals surface area contributed by atoms with E-state index < -0.39 is 0 Å². The van der Waals surface area contributed by atoms with Gasteiger partial charge < -0.3 is 19.1 Å². The lowest BCUT2D eigenvalue weighted by Gasteiger charge is -2.36. The van der Waals surface area contributed by atoms with E-state index in [-0.39, 0.29) is 0 Å². The molecule has 3 rings (SSSR count). The number of piperazine rings is 1. The van der Waals surface area contributed by atoms with E-state index in [0.29, 0.717) is 5.02 Å². The maximum absolute atomic E-state index is 6.27. The van der Waals surface area contributed by atoms with Crippen molar-refractivity contribution >= 4 is 17.3 Å². The van der Waals surface area contributed by atoms with Gasteiger partial charge in [0.05, 0.1) is 37.6 Å². The number of methoxy groups -OCH3 is 3. The van der Waals surface area contributed by atoms with Crippen molar-refractivity contribution in [2.75, 3.05) is 52.4 Å². The molecule has 0 saturated carbocycles. The van der Waals surface area contributed by atoms with E-state index >= 15 is 0 Å². The molecule has 0 radical (unpaired) electrons. The lowest BCUT2D eigenvalue weighted by atomic mass is 10.1. The van der Waals surface area contributed by atoms with Crippen LogP contribution >= 0.6 is 11.6 Å². The highest BCUT2D eigenvalue weighted by Gasteiger charge is 2.22. The zero-order valence-corrected chi connectivity index (χ0v) is 16.1. The summed E-state index contributed by atoms with van der Waals surface area (Å²) in [4.78, 5) is 8.74. The molecule has 0 N–H and O–H groups in total. The molecule has 0 aliphatic carbocycles. The average molecular weight is 378 g/mol. The molecule has 0 unspecified atom stereocenters. The van der Waals surface area contributed by atoms with E-state index in [0.717, 1.165) is 61.2 Å². The molecule has 26 heavy (non-hydrogen) atoms. The first kappa shape index (κ1) is 18.6. The molecule has 1 aromatic carbocycles. The Kier molecular flexibility index (Phi) is 6.06. The Bertz CT molecular complexity index is 724. The number of anilines is 1. The van der Waals surface area contributed by atoms with Gasteiger partial charge in [-0.2, -0.15) is 0 Å². The molecule has 0 bridgehead atoms. The van der Waals surface area contributed by atoms with Crippen molar-refractivity contribution in [2.24, 2.45) is 0 Å². The number of hydrogen-bond acceptors (Lipinski definition) is 6. The number of aromatic nitrogens is 1. The van der Waals surface area contributed by atoms with Gasteiger partial charge in [-0.3, -0.25) is 9.88 Å². The molecule has 1 aromatic heterocycles. The van der Waals surface area contributed by atoms with Crippen molar-refractivity contribution < 1.29 is 14.2 Å². The summed E-state index contributed by atoms with van der Waals surface area (Å²) < 4.78 is 16.4. The largest absolute Gasteiger partial charge is 0.496 e. The molecule has 6 nitrogen and oxygen atoms in total. The van der Waals surface area contributed by atoms with Gasteiger partial charge in [-0.15, -0.1) is 0 Å². The standard InChI is InChI=1S/C19H24ClN3O3/c1-24-14-10-18(25-2)15(19(11-14)26-3)13-22-6-8-23(9-7-22)17-4-5-21-12-16(17)20/h4-5,10-12H,6-9,13H2,1-3H3. The van der Waals surface area contributed by atoms with Crippen molar-refractivity contribution in [3.05, 3.63) is 41.2 Å². The molecule has 0 amide bonds. The van der Waals surface area contributed by atoms with Crippen molar-refractivity contribution in [1.82, 2.24) is 9.88 Å². The Morgan fingerprint density at radius 1 is 1.00 bits per heavy atom. The average Bonchev–Trinajstić information content (AvgIpc) is 2.69. The minimum Gasteiger partial charge on any atom is -0.496 e. The molecule has 2 heterocycles. The number of hydrogen-bond donors (Lipinski definition) is 0. The molecular weight excluding hydrogens is 354 g/mol. The first-order chi connectivity index (χ1) is 12.7. The molecule has 1 aliphatic heterocycles. The number of halogens is 1. The summed E-state index contributed by atoms with van der Waals surface area (Å²) in [6, 6.07) is 5.75. The quantitative estimate of drug-likeness (QED) is 0.771. The number of benzene rings is 1. The second-order valence-corrected chi connectivity index (χ2v) is 6.51. The summed E-state index contributed by atoms with van der Waals surface area (Å²) in [7, 11) is 4.97. The molecule has 1 aliphatic rings. The van der Waals surface area contributed by atoms with Gasteiger partial charge in [0.1, 0.15) is 17.2 Å². The smallest absolute Gasteiger partial charge is 0.130 e. The van der Waals surface area contributed by atoms with Gasteiger partial charge in [0.25, 0.3) is 0 Å². The molecule has 1 fully saturated rings. The minimum atomic E-state index is 0.694. The van der Waals surface area contributed by atoms with Crippen LogP contribution in [0.5, 0.6) is 17.2 Å². The highest BCUT2D eigenvalue weighted by Crippen LogP contribution is 2.35. The van der Waals surface area contributed by atoms with Crippen molar-refractivity contribution in [2.45, 2.75) is 6.54 Å². The lowest BCUT2D eigenvalue weighted by Crippen LogP contribution is -2.46. The van der Waals surface area contributed by atoms with Crippen LogP contribution in [0.2, 0.25) is 5.02 Å². The Labute approximate surface area is 159 Å². The van der Waals surface area contributed by atoms with Gasteiger partial charge in [0.2, 0.25) is 0 Å². The van der Waals surface area contributed by atoms with Gasteiger partial charge in [-0.05, 0) is 6.07 Å². The van der Waals surface area contributed by atoms with E-state index in [1.165, 1.54) is 0 Å². The summed E-state index contributed by atoms with van der Waals surface area (Å²) in [5.41, 5.74) is 2.08. The second kappa shape index (κ2) is 8.47. The van der Waals surface area contributed by atoms with Crippen molar-refractivity contribution in [3.8, 4) is 17.2 Å². The van der Waals surface area contributed by atoms with Gasteiger partial charge in [-0.1, -0.05) is 11.6 Å². The second-order valence-electron chi connectivity index (χ2n) is 6.10. The minimum absolute atomic E-state index is 0.694. The van der Waals surface area contributed by atoms with Crippen LogP contribution in [-0.2, 0) is 6.54 Å². The number of rotatable bonds is 6. The van der Waals surface area contributed by atoms with E-state index in [1.54, 1.807) is 33.7 Å². The third kappa shape index (κ3) is 3.97. The van der Waals surface area contributed by atoms with Crippen LogP contribution in [0, 0.1) is 0 Å². The maximum Gasteiger partial charge on any atom is 0.130 e. The zero-order chi connectivity index (χ0) is 18.5. The van der Waals surface area contributed by atoms with E-state index in [4.69, 9.17) is 25.8 Å². The molecular formula is C19H24ClN3O3. The van der Waals surface area contributed by atoms with Crippen LogP contribution in [0.4, 0.5) is 5.69 Å². The number of pyridine rings is 1. The highest BCUT2D eigenvalue weighted by atomic mass is 35.5. The Morgan fingerprint density at radius 2 is 1.65 bits per heavy atom. The molecule has 7 heteroatoms. The van der Waals surface area contributed by atoms with Crippen LogP contribution < -0.4 is 19.1 Å². The van der Waals surface area contributed by atoms with Gasteiger partial charge >= 0.3 is 0 Å². The number of ether oxygens (including phenoxy) is 3. The first-order valence-corrected chi connectivity index (χ1v) is 8.89. The Morgan fingerprint density at radius 3 is 2.19 bits per heavy atom. The predicted octanol–water partition coefficient (Wildman–Crippen LogP) is 3.08. The van der Waals surface area contributed by atoms with Crippen LogP contribution in [0.1, 0.15) is 5.56 Å². The highest BCUT2D eigenvalue weighted by molar-refractivity contribution is 6.33. The fraction of sp³-hybridized carbons (Fsp3) is 0.421. The summed E-state index contributed by atoms with van der Waals surface area (Å²) in [6.07, 6.45) is 3.47. The molecule has 1 saturated heterocycles. The van der Waals surface area contributed by atoms with E-state index in [2.05, 4.69) is 14.8 Å². The fourth-order valence-electron chi connectivity index (χ4n) is 3.23. The topological polar surface area (TPSA) is 47.1 Å². The van der Waals surface area contributed by atoms with Crippen LogP contribution in [-0.4, -0.2) is 57.4 Å². The molecule has 140 valence electrons. The van der Waals surface area contributed by atoms with E-state index in [1.807, 2.05) is 18.2 Å². The third-order valence-electron chi connectivity index (χ3n) is 4.66. The van der Waals surface area contributed by atoms with Crippen LogP contribution in [0.15, 0.2) is 30.6 Å². The molecule has 0 spiro atoms. The SMILES string of the molecule is COc1cc(OC)c(CN2CCN(c3ccncc3Cl)CC2)c(OC)c1. The summed E-state index contributed by atoms with van der Waals surface area (Å²) in [5.74, 6) is 2.28. The molecule has 2 aromatic rings. The Hall–Kier alpha value is -2.18. The zero-order valence-electron chi connectivity index (χ0n) is 15.4. The summed E-state index contributed by atoms with van der Waals surface area (Å²) >= 11 is 6.27. The van der Waals surface area contributed by atoms with Crippen molar-refractivity contribution in [3.63, 3.8) is 0 Å². The van der Waals surface area contributed by atoms with E-state index in [9.17, 15) is 0 Å². The molecule has 0 atom stereocenters. The van der Waals surface area contributed by atoms with Gasteiger partial charge in [0.15, 0.2) is 0 Å². The monoisotopic (exact) mass is 377 g/mol. The Balaban J connectivity index is 1.71. The summed E-state index contributed by atoms with van der Waals surface area (Å²) in [5, 5.41) is 0.694. The number of nitrogens with zero attached hydrogens (tertiary/aromatic N) is 3. The normalized spacial score (nSPS) is 15.0. The lowest BCUT2D eigenvalue weighted by molar-refractivity contribution is 0.241. The maximum atomic E-state index is 6.27. The fourth-order valence-corrected chi connectivity index (χ4v) is 3.47. The van der Waals surface area contributed by atoms with Gasteiger partial charge in [-0.25, -0.2) is 0 Å². The predicted molar refractivity (Wildman–Crippen MR) is 103 cm³/mol. The van der Waals surface area contributed by atoms with Gasteiger partial charge in [0, 0.05) is 57.3 Å².